The lowest BCUT2D eigenvalue weighted by Crippen LogP contribution is -2.54. The number of sulfonamides is 1. The van der Waals surface area contributed by atoms with Crippen LogP contribution in [0.4, 0.5) is 0 Å². The van der Waals surface area contributed by atoms with Crippen molar-refractivity contribution in [3.8, 4) is 0 Å². The van der Waals surface area contributed by atoms with Gasteiger partial charge in [-0.1, -0.05) is 32.9 Å². The Hall–Kier alpha value is -1.44. The predicted molar refractivity (Wildman–Crippen MR) is 97.2 cm³/mol. The third kappa shape index (κ3) is 5.03. The van der Waals surface area contributed by atoms with Gasteiger partial charge in [-0.3, -0.25) is 9.69 Å². The van der Waals surface area contributed by atoms with Crippen molar-refractivity contribution in [1.29, 1.82) is 0 Å². The Morgan fingerprint density at radius 2 is 1.88 bits per heavy atom. The third-order valence-electron chi connectivity index (χ3n) is 5.07. The molecule has 1 fully saturated rings. The molecule has 2 rings (SSSR count). The van der Waals surface area contributed by atoms with Crippen molar-refractivity contribution >= 4 is 16.0 Å². The molecule has 2 N–H and O–H groups in total. The fraction of sp³-hybridized carbons (Fsp3) is 0.611. The summed E-state index contributed by atoms with van der Waals surface area (Å²) in [7, 11) is -3.53. The molecule has 1 unspecified atom stereocenters. The summed E-state index contributed by atoms with van der Waals surface area (Å²) in [6.45, 7) is 6.78. The number of carboxylic acid groups (broad SMARTS) is 1. The maximum absolute atomic E-state index is 12.5. The molecule has 0 bridgehead atoms. The van der Waals surface area contributed by atoms with Gasteiger partial charge in [0.05, 0.1) is 11.4 Å². The molecule has 0 spiro atoms. The third-order valence-corrected chi connectivity index (χ3v) is 6.60. The molecule has 140 valence electrons. The summed E-state index contributed by atoms with van der Waals surface area (Å²) < 4.78 is 27.7. The Bertz CT molecular complexity index is 682. The van der Waals surface area contributed by atoms with Gasteiger partial charge in [-0.2, -0.15) is 0 Å². The van der Waals surface area contributed by atoms with Gasteiger partial charge in [-0.05, 0) is 49.4 Å². The number of nitrogens with zero attached hydrogens (tertiary/aromatic N) is 1. The molecule has 0 heterocycles. The zero-order chi connectivity index (χ0) is 18.6. The number of nitrogens with one attached hydrogen (secondary N) is 1. The van der Waals surface area contributed by atoms with E-state index in [1.807, 2.05) is 24.0 Å². The largest absolute Gasteiger partial charge is 0.480 e. The topological polar surface area (TPSA) is 86.7 Å². The fourth-order valence-corrected chi connectivity index (χ4v) is 4.42. The molecule has 1 aliphatic rings. The monoisotopic (exact) mass is 368 g/mol. The zero-order valence-corrected chi connectivity index (χ0v) is 15.9. The standard InChI is InChI=1S/C18H28N2O4S/c1-4-13(3)14-6-8-17(9-7-14)25(23,24)19-15-10-16(11-15)20(5-2)12-18(21)22/h6-9,13,15-16,19H,4-5,10-12H2,1-3H3,(H,21,22). The van der Waals surface area contributed by atoms with Crippen LogP contribution < -0.4 is 4.72 Å². The Morgan fingerprint density at radius 1 is 1.28 bits per heavy atom. The van der Waals surface area contributed by atoms with Crippen molar-refractivity contribution < 1.29 is 18.3 Å². The first kappa shape index (κ1) is 19.9. The second-order valence-corrected chi connectivity index (χ2v) is 8.49. The maximum Gasteiger partial charge on any atom is 0.317 e. The minimum Gasteiger partial charge on any atom is -0.480 e. The van der Waals surface area contributed by atoms with Crippen molar-refractivity contribution in [2.45, 2.75) is 62.9 Å². The van der Waals surface area contributed by atoms with Gasteiger partial charge in [0.2, 0.25) is 10.0 Å². The van der Waals surface area contributed by atoms with E-state index in [1.165, 1.54) is 0 Å². The minimum atomic E-state index is -3.53. The Morgan fingerprint density at radius 3 is 2.36 bits per heavy atom. The average molecular weight is 368 g/mol. The van der Waals surface area contributed by atoms with Crippen LogP contribution in [0.5, 0.6) is 0 Å². The van der Waals surface area contributed by atoms with E-state index in [2.05, 4.69) is 18.6 Å². The molecule has 1 aromatic carbocycles. The Labute approximate surface area is 150 Å². The lowest BCUT2D eigenvalue weighted by Gasteiger charge is -2.42. The van der Waals surface area contributed by atoms with Crippen molar-refractivity contribution in [1.82, 2.24) is 9.62 Å². The molecule has 0 amide bonds. The number of carboxylic acids is 1. The van der Waals surface area contributed by atoms with Gasteiger partial charge >= 0.3 is 5.97 Å². The molecule has 6 nitrogen and oxygen atoms in total. The quantitative estimate of drug-likeness (QED) is 0.699. The van der Waals surface area contributed by atoms with E-state index in [4.69, 9.17) is 5.11 Å². The molecule has 0 radical (unpaired) electrons. The van der Waals surface area contributed by atoms with Gasteiger partial charge in [-0.25, -0.2) is 13.1 Å². The first-order chi connectivity index (χ1) is 11.8. The van der Waals surface area contributed by atoms with Gasteiger partial charge in [0, 0.05) is 12.1 Å². The summed E-state index contributed by atoms with van der Waals surface area (Å²) in [5, 5.41) is 8.91. The molecular formula is C18H28N2O4S. The highest BCUT2D eigenvalue weighted by Gasteiger charge is 2.36. The summed E-state index contributed by atoms with van der Waals surface area (Å²) in [5.41, 5.74) is 1.14. The average Bonchev–Trinajstić information content (AvgIpc) is 2.55. The lowest BCUT2D eigenvalue weighted by atomic mass is 9.86. The van der Waals surface area contributed by atoms with Crippen molar-refractivity contribution in [3.63, 3.8) is 0 Å². The molecule has 1 aliphatic carbocycles. The number of hydrogen-bond donors (Lipinski definition) is 2. The normalized spacial score (nSPS) is 21.8. The smallest absolute Gasteiger partial charge is 0.317 e. The van der Waals surface area contributed by atoms with Gasteiger partial charge in [0.1, 0.15) is 0 Å². The first-order valence-electron chi connectivity index (χ1n) is 8.85. The van der Waals surface area contributed by atoms with E-state index in [0.717, 1.165) is 12.0 Å². The summed E-state index contributed by atoms with van der Waals surface area (Å²) in [6.07, 6.45) is 2.30. The molecule has 0 aliphatic heterocycles. The molecular weight excluding hydrogens is 340 g/mol. The SMILES string of the molecule is CCC(C)c1ccc(S(=O)(=O)NC2CC(N(CC)CC(=O)O)C2)cc1. The van der Waals surface area contributed by atoms with Crippen LogP contribution in [0.3, 0.4) is 0 Å². The van der Waals surface area contributed by atoms with E-state index in [1.54, 1.807) is 12.1 Å². The molecule has 0 aromatic heterocycles. The molecule has 7 heteroatoms. The van der Waals surface area contributed by atoms with Crippen LogP contribution >= 0.6 is 0 Å². The van der Waals surface area contributed by atoms with Gasteiger partial charge < -0.3 is 5.11 Å². The number of likely N-dealkylation sites (N-methyl/N-ethyl adjacent to an activating group) is 1. The number of aliphatic carboxylic acids is 1. The minimum absolute atomic E-state index is 0.00227. The lowest BCUT2D eigenvalue weighted by molar-refractivity contribution is -0.139. The van der Waals surface area contributed by atoms with Gasteiger partial charge in [0.25, 0.3) is 0 Å². The maximum atomic E-state index is 12.5. The zero-order valence-electron chi connectivity index (χ0n) is 15.1. The molecule has 0 saturated heterocycles. The molecule has 25 heavy (non-hydrogen) atoms. The molecule has 1 atom stereocenters. The second kappa shape index (κ2) is 8.29. The summed E-state index contributed by atoms with van der Waals surface area (Å²) in [5.74, 6) is -0.446. The van der Waals surface area contributed by atoms with Crippen molar-refractivity contribution in [2.75, 3.05) is 13.1 Å². The van der Waals surface area contributed by atoms with Crippen molar-refractivity contribution in [3.05, 3.63) is 29.8 Å². The summed E-state index contributed by atoms with van der Waals surface area (Å²) >= 11 is 0. The highest BCUT2D eigenvalue weighted by Crippen LogP contribution is 2.27. The second-order valence-electron chi connectivity index (χ2n) is 6.78. The van der Waals surface area contributed by atoms with Crippen LogP contribution in [0.25, 0.3) is 0 Å². The fourth-order valence-electron chi connectivity index (χ4n) is 3.15. The predicted octanol–water partition coefficient (Wildman–Crippen LogP) is 2.42. The van der Waals surface area contributed by atoms with E-state index < -0.39 is 16.0 Å². The highest BCUT2D eigenvalue weighted by atomic mass is 32.2. The van der Waals surface area contributed by atoms with Crippen LogP contribution in [-0.2, 0) is 14.8 Å². The van der Waals surface area contributed by atoms with E-state index in [0.29, 0.717) is 25.3 Å². The van der Waals surface area contributed by atoms with Gasteiger partial charge in [-0.15, -0.1) is 0 Å². The highest BCUT2D eigenvalue weighted by molar-refractivity contribution is 7.89. The van der Waals surface area contributed by atoms with Crippen LogP contribution in [0, 0.1) is 0 Å². The van der Waals surface area contributed by atoms with Gasteiger partial charge in [0.15, 0.2) is 0 Å². The number of benzene rings is 1. The summed E-state index contributed by atoms with van der Waals surface area (Å²) in [4.78, 5) is 13.0. The van der Waals surface area contributed by atoms with E-state index in [-0.39, 0.29) is 23.5 Å². The number of hydrogen-bond acceptors (Lipinski definition) is 4. The Balaban J connectivity index is 1.93. The van der Waals surface area contributed by atoms with Crippen LogP contribution in [-0.4, -0.2) is 49.6 Å². The van der Waals surface area contributed by atoms with E-state index in [9.17, 15) is 13.2 Å². The van der Waals surface area contributed by atoms with E-state index >= 15 is 0 Å². The molecule has 1 saturated carbocycles. The van der Waals surface area contributed by atoms with Crippen LogP contribution in [0.2, 0.25) is 0 Å². The van der Waals surface area contributed by atoms with Crippen LogP contribution in [0.1, 0.15) is 51.5 Å². The van der Waals surface area contributed by atoms with Crippen molar-refractivity contribution in [2.24, 2.45) is 0 Å². The first-order valence-corrected chi connectivity index (χ1v) is 10.3. The van der Waals surface area contributed by atoms with Crippen LogP contribution in [0.15, 0.2) is 29.2 Å². The number of rotatable bonds is 9. The Kier molecular flexibility index (Phi) is 6.59. The molecule has 1 aromatic rings. The number of carbonyl (C=O) groups is 1. The summed E-state index contributed by atoms with van der Waals surface area (Å²) in [6, 6.07) is 7.05.